The van der Waals surface area contributed by atoms with Crippen molar-refractivity contribution in [3.8, 4) is 11.1 Å². The molecule has 0 spiro atoms. The van der Waals surface area contributed by atoms with E-state index in [4.69, 9.17) is 9.16 Å². The van der Waals surface area contributed by atoms with Crippen molar-refractivity contribution in [1.82, 2.24) is 9.88 Å². The molecular formula is C34H40N2O5Si. The monoisotopic (exact) mass is 584 g/mol. The molecular weight excluding hydrogens is 544 g/mol. The summed E-state index contributed by atoms with van der Waals surface area (Å²) in [6.45, 7) is 12.5. The third-order valence-corrected chi connectivity index (χ3v) is 13.4. The molecule has 1 aliphatic carbocycles. The molecule has 0 saturated heterocycles. The van der Waals surface area contributed by atoms with Gasteiger partial charge in [0.2, 0.25) is 0 Å². The van der Waals surface area contributed by atoms with Crippen LogP contribution < -0.4 is 5.32 Å². The van der Waals surface area contributed by atoms with Crippen LogP contribution in [0, 0.1) is 0 Å². The van der Waals surface area contributed by atoms with E-state index < -0.39 is 26.4 Å². The number of carbonyl (C=O) groups excluding carboxylic acids is 1. The van der Waals surface area contributed by atoms with Gasteiger partial charge >= 0.3 is 12.1 Å². The summed E-state index contributed by atoms with van der Waals surface area (Å²) in [5.41, 5.74) is 6.34. The second-order valence-corrected chi connectivity index (χ2v) is 17.3. The number of fused-ring (bicyclic) bond motifs is 4. The maximum atomic E-state index is 12.9. The second kappa shape index (κ2) is 11.8. The van der Waals surface area contributed by atoms with E-state index >= 15 is 0 Å². The molecule has 1 amide bonds. The Morgan fingerprint density at radius 1 is 0.952 bits per heavy atom. The van der Waals surface area contributed by atoms with Crippen LogP contribution in [0.5, 0.6) is 0 Å². The number of aromatic nitrogens is 1. The molecule has 1 atom stereocenters. The Bertz CT molecular complexity index is 1560. The Kier molecular flexibility index (Phi) is 8.30. The van der Waals surface area contributed by atoms with Gasteiger partial charge in [-0.15, -0.1) is 0 Å². The number of ether oxygens (including phenoxy) is 1. The number of carbonyl (C=O) groups is 2. The molecule has 0 aliphatic heterocycles. The topological polar surface area (TPSA) is 89.8 Å². The predicted octanol–water partition coefficient (Wildman–Crippen LogP) is 7.20. The average Bonchev–Trinajstić information content (AvgIpc) is 3.46. The van der Waals surface area contributed by atoms with Gasteiger partial charge in [0.15, 0.2) is 8.32 Å². The number of rotatable bonds is 10. The molecule has 1 heterocycles. The summed E-state index contributed by atoms with van der Waals surface area (Å²) in [6.07, 6.45) is 1.38. The molecule has 1 aliphatic rings. The summed E-state index contributed by atoms with van der Waals surface area (Å²) >= 11 is 0. The minimum atomic E-state index is -1.89. The third kappa shape index (κ3) is 6.01. The third-order valence-electron chi connectivity index (χ3n) is 8.83. The van der Waals surface area contributed by atoms with Gasteiger partial charge in [0.25, 0.3) is 0 Å². The first-order chi connectivity index (χ1) is 20.0. The number of nitrogens with one attached hydrogen (secondary N) is 1. The van der Waals surface area contributed by atoms with Gasteiger partial charge < -0.3 is 24.2 Å². The molecule has 2 N–H and O–H groups in total. The highest BCUT2D eigenvalue weighted by Crippen LogP contribution is 2.44. The Morgan fingerprint density at radius 3 is 2.17 bits per heavy atom. The van der Waals surface area contributed by atoms with Crippen molar-refractivity contribution in [2.75, 3.05) is 13.2 Å². The van der Waals surface area contributed by atoms with Crippen LogP contribution in [0.3, 0.4) is 0 Å². The lowest BCUT2D eigenvalue weighted by Gasteiger charge is -2.36. The summed E-state index contributed by atoms with van der Waals surface area (Å²) in [4.78, 5) is 25.2. The van der Waals surface area contributed by atoms with Crippen molar-refractivity contribution in [3.05, 3.63) is 95.7 Å². The highest BCUT2D eigenvalue weighted by Gasteiger charge is 2.37. The number of para-hydroxylation sites is 1. The number of amides is 1. The van der Waals surface area contributed by atoms with Crippen LogP contribution >= 0.6 is 0 Å². The zero-order chi connectivity index (χ0) is 30.1. The first-order valence-electron chi connectivity index (χ1n) is 14.5. The molecule has 7 nitrogen and oxygen atoms in total. The smallest absolute Gasteiger partial charge is 0.407 e. The number of carboxylic acid groups (broad SMARTS) is 1. The largest absolute Gasteiger partial charge is 0.480 e. The minimum Gasteiger partial charge on any atom is -0.480 e. The van der Waals surface area contributed by atoms with Gasteiger partial charge in [0.1, 0.15) is 12.6 Å². The summed E-state index contributed by atoms with van der Waals surface area (Å²) in [7, 11) is -1.89. The van der Waals surface area contributed by atoms with Crippen LogP contribution in [0.25, 0.3) is 22.0 Å². The van der Waals surface area contributed by atoms with Crippen molar-refractivity contribution in [2.24, 2.45) is 0 Å². The summed E-state index contributed by atoms with van der Waals surface area (Å²) < 4.78 is 14.1. The number of carboxylic acids is 1. The van der Waals surface area contributed by atoms with Crippen LogP contribution in [0.4, 0.5) is 4.79 Å². The molecule has 0 saturated carbocycles. The van der Waals surface area contributed by atoms with Gasteiger partial charge in [-0.05, 0) is 52.0 Å². The van der Waals surface area contributed by atoms with E-state index in [-0.39, 0.29) is 24.0 Å². The summed E-state index contributed by atoms with van der Waals surface area (Å²) in [5, 5.41) is 13.7. The number of nitrogens with zero attached hydrogens (tertiary/aromatic N) is 1. The number of hydrogen-bond acceptors (Lipinski definition) is 4. The van der Waals surface area contributed by atoms with E-state index in [0.29, 0.717) is 13.2 Å². The lowest BCUT2D eigenvalue weighted by molar-refractivity contribution is -0.139. The van der Waals surface area contributed by atoms with Crippen LogP contribution in [-0.2, 0) is 26.9 Å². The van der Waals surface area contributed by atoms with Gasteiger partial charge in [0.05, 0.1) is 6.61 Å². The van der Waals surface area contributed by atoms with Crippen LogP contribution in [0.1, 0.15) is 43.4 Å². The SMILES string of the molecule is CC(C)(C)[Si](C)(C)OCCn1cc(C[C@H](NC(=O)OCC2c3ccccc3-c3ccccc32)C(=O)O)c2ccccc21. The lowest BCUT2D eigenvalue weighted by atomic mass is 9.98. The van der Waals surface area contributed by atoms with Crippen molar-refractivity contribution < 1.29 is 23.9 Å². The molecule has 3 aromatic carbocycles. The van der Waals surface area contributed by atoms with Crippen molar-refractivity contribution >= 4 is 31.3 Å². The first-order valence-corrected chi connectivity index (χ1v) is 17.4. The number of benzene rings is 3. The van der Waals surface area contributed by atoms with Gasteiger partial charge in [-0.1, -0.05) is 87.5 Å². The second-order valence-electron chi connectivity index (χ2n) is 12.5. The average molecular weight is 585 g/mol. The standard InChI is InChI=1S/C34H40N2O5Si/c1-34(2,3)42(4,5)41-19-18-36-21-23(24-12-10-11-17-31(24)36)20-30(32(37)38)35-33(39)40-22-29-27-15-8-6-13-25(27)26-14-7-9-16-28(26)29/h6-17,21,29-30H,18-20,22H2,1-5H3,(H,35,39)(H,37,38)/t30-/m0/s1. The van der Waals surface area contributed by atoms with Gasteiger partial charge in [-0.2, -0.15) is 0 Å². The van der Waals surface area contributed by atoms with Crippen LogP contribution in [0.15, 0.2) is 79.0 Å². The van der Waals surface area contributed by atoms with Crippen molar-refractivity contribution in [2.45, 2.75) is 63.8 Å². The highest BCUT2D eigenvalue weighted by molar-refractivity contribution is 6.74. The van der Waals surface area contributed by atoms with Gasteiger partial charge in [-0.25, -0.2) is 9.59 Å². The van der Waals surface area contributed by atoms with Crippen molar-refractivity contribution in [1.29, 1.82) is 0 Å². The van der Waals surface area contributed by atoms with Crippen LogP contribution in [-0.4, -0.2) is 49.3 Å². The molecule has 0 unspecified atom stereocenters. The molecule has 0 fully saturated rings. The molecule has 5 rings (SSSR count). The number of alkyl carbamates (subject to hydrolysis) is 1. The first kappa shape index (κ1) is 29.6. The number of hydrogen-bond donors (Lipinski definition) is 2. The molecule has 1 aromatic heterocycles. The van der Waals surface area contributed by atoms with E-state index in [0.717, 1.165) is 38.7 Å². The maximum Gasteiger partial charge on any atom is 0.407 e. The molecule has 8 heteroatoms. The zero-order valence-corrected chi connectivity index (χ0v) is 26.0. The molecule has 4 aromatic rings. The number of aliphatic carboxylic acids is 1. The lowest BCUT2D eigenvalue weighted by Crippen LogP contribution is -2.42. The molecule has 0 bridgehead atoms. The van der Waals surface area contributed by atoms with E-state index in [1.807, 2.05) is 54.7 Å². The van der Waals surface area contributed by atoms with Gasteiger partial charge in [-0.3, -0.25) is 0 Å². The molecule has 42 heavy (non-hydrogen) atoms. The normalized spacial score (nSPS) is 13.9. The zero-order valence-electron chi connectivity index (χ0n) is 25.0. The Balaban J connectivity index is 1.26. The quantitative estimate of drug-likeness (QED) is 0.193. The summed E-state index contributed by atoms with van der Waals surface area (Å²) in [5.74, 6) is -1.21. The Labute approximate surface area is 248 Å². The van der Waals surface area contributed by atoms with E-state index in [1.165, 1.54) is 0 Å². The fourth-order valence-corrected chi connectivity index (χ4v) is 6.52. The molecule has 220 valence electrons. The predicted molar refractivity (Wildman–Crippen MR) is 168 cm³/mol. The molecule has 0 radical (unpaired) electrons. The van der Waals surface area contributed by atoms with Crippen molar-refractivity contribution in [3.63, 3.8) is 0 Å². The highest BCUT2D eigenvalue weighted by atomic mass is 28.4. The Hall–Kier alpha value is -3.88. The van der Waals surface area contributed by atoms with Crippen LogP contribution in [0.2, 0.25) is 18.1 Å². The van der Waals surface area contributed by atoms with E-state index in [1.54, 1.807) is 0 Å². The minimum absolute atomic E-state index is 0.0991. The van der Waals surface area contributed by atoms with Gasteiger partial charge in [0, 0.05) is 36.0 Å². The summed E-state index contributed by atoms with van der Waals surface area (Å²) in [6, 6.07) is 23.0. The van der Waals surface area contributed by atoms with E-state index in [9.17, 15) is 14.7 Å². The maximum absolute atomic E-state index is 12.9. The fraction of sp³-hybridized carbons (Fsp3) is 0.353. The van der Waals surface area contributed by atoms with E-state index in [2.05, 4.69) is 68.0 Å². The fourth-order valence-electron chi connectivity index (χ4n) is 5.49. The Morgan fingerprint density at radius 2 is 1.55 bits per heavy atom.